The molecule has 3 nitrogen and oxygen atoms in total. The summed E-state index contributed by atoms with van der Waals surface area (Å²) in [6.07, 6.45) is 9.67. The largest absolute Gasteiger partial charge is 0.392 e. The third kappa shape index (κ3) is 2.59. The number of hydrogen-bond acceptors (Lipinski definition) is 2. The molecular weight excluding hydrogens is 190 g/mol. The summed E-state index contributed by atoms with van der Waals surface area (Å²) in [6, 6.07) is 0.194. The number of aliphatic hydroxyl groups is 1. The van der Waals surface area contributed by atoms with Crippen molar-refractivity contribution in [2.75, 3.05) is 0 Å². The van der Waals surface area contributed by atoms with Crippen LogP contribution >= 0.6 is 0 Å². The van der Waals surface area contributed by atoms with Gasteiger partial charge in [-0.3, -0.25) is 4.79 Å². The van der Waals surface area contributed by atoms with Crippen LogP contribution < -0.4 is 5.32 Å². The Morgan fingerprint density at radius 3 is 2.73 bits per heavy atom. The zero-order chi connectivity index (χ0) is 10.7. The Hall–Kier alpha value is -0.830. The minimum Gasteiger partial charge on any atom is -0.392 e. The van der Waals surface area contributed by atoms with E-state index in [1.54, 1.807) is 0 Å². The van der Waals surface area contributed by atoms with Gasteiger partial charge in [0.1, 0.15) is 0 Å². The number of aliphatic hydroxyl groups excluding tert-OH is 1. The molecular formula is C12H19NO2. The summed E-state index contributed by atoms with van der Waals surface area (Å²) in [6.45, 7) is 0. The fourth-order valence-corrected chi connectivity index (χ4v) is 2.47. The molecule has 0 aromatic rings. The molecule has 0 spiro atoms. The molecule has 2 rings (SSSR count). The van der Waals surface area contributed by atoms with Crippen LogP contribution in [0.4, 0.5) is 0 Å². The average Bonchev–Trinajstić information content (AvgIpc) is 2.66. The molecule has 0 bridgehead atoms. The van der Waals surface area contributed by atoms with Crippen molar-refractivity contribution in [1.82, 2.24) is 5.32 Å². The van der Waals surface area contributed by atoms with Crippen molar-refractivity contribution in [1.29, 1.82) is 0 Å². The maximum atomic E-state index is 11.8. The van der Waals surface area contributed by atoms with Gasteiger partial charge in [0.15, 0.2) is 0 Å². The molecule has 15 heavy (non-hydrogen) atoms. The smallest absolute Gasteiger partial charge is 0.226 e. The van der Waals surface area contributed by atoms with Crippen LogP contribution in [0.5, 0.6) is 0 Å². The van der Waals surface area contributed by atoms with Crippen LogP contribution in [0.15, 0.2) is 12.2 Å². The number of nitrogens with one attached hydrogen (secondary N) is 1. The lowest BCUT2D eigenvalue weighted by molar-refractivity contribution is -0.128. The van der Waals surface area contributed by atoms with Gasteiger partial charge in [-0.2, -0.15) is 0 Å². The summed E-state index contributed by atoms with van der Waals surface area (Å²) < 4.78 is 0. The highest BCUT2D eigenvalue weighted by molar-refractivity contribution is 5.80. The third-order valence-corrected chi connectivity index (χ3v) is 3.40. The minimum absolute atomic E-state index is 0.0385. The molecule has 2 aliphatic carbocycles. The van der Waals surface area contributed by atoms with E-state index in [2.05, 4.69) is 17.5 Å². The fraction of sp³-hybridized carbons (Fsp3) is 0.750. The molecule has 0 aromatic carbocycles. The van der Waals surface area contributed by atoms with E-state index in [0.717, 1.165) is 38.5 Å². The van der Waals surface area contributed by atoms with Crippen LogP contribution in [-0.2, 0) is 4.79 Å². The predicted molar refractivity (Wildman–Crippen MR) is 58.3 cm³/mol. The van der Waals surface area contributed by atoms with Gasteiger partial charge in [0.2, 0.25) is 5.91 Å². The van der Waals surface area contributed by atoms with Crippen molar-refractivity contribution in [3.05, 3.63) is 12.2 Å². The number of hydrogen-bond donors (Lipinski definition) is 2. The Kier molecular flexibility index (Phi) is 3.41. The van der Waals surface area contributed by atoms with E-state index < -0.39 is 6.10 Å². The number of amides is 1. The molecule has 3 heteroatoms. The molecule has 1 amide bonds. The molecule has 0 aromatic heterocycles. The molecule has 0 heterocycles. The highest BCUT2D eigenvalue weighted by Crippen LogP contribution is 2.26. The van der Waals surface area contributed by atoms with E-state index in [9.17, 15) is 9.90 Å². The van der Waals surface area contributed by atoms with Crippen molar-refractivity contribution >= 4 is 5.91 Å². The number of allylic oxidation sites excluding steroid dienone is 1. The lowest BCUT2D eigenvalue weighted by Gasteiger charge is -2.21. The number of carbonyl (C=O) groups excluding carboxylic acids is 1. The lowest BCUT2D eigenvalue weighted by Crippen LogP contribution is -2.40. The monoisotopic (exact) mass is 209 g/mol. The first kappa shape index (κ1) is 10.7. The fourth-order valence-electron chi connectivity index (χ4n) is 2.47. The molecule has 3 atom stereocenters. The Bertz CT molecular complexity index is 262. The van der Waals surface area contributed by atoms with Crippen molar-refractivity contribution < 1.29 is 9.90 Å². The Labute approximate surface area is 90.6 Å². The molecule has 1 saturated carbocycles. The first-order chi connectivity index (χ1) is 7.27. The van der Waals surface area contributed by atoms with Gasteiger partial charge in [-0.15, -0.1) is 0 Å². The second-order valence-corrected chi connectivity index (χ2v) is 4.58. The minimum atomic E-state index is -0.419. The van der Waals surface area contributed by atoms with Gasteiger partial charge < -0.3 is 10.4 Å². The van der Waals surface area contributed by atoms with Gasteiger partial charge in [-0.1, -0.05) is 12.2 Å². The third-order valence-electron chi connectivity index (χ3n) is 3.40. The van der Waals surface area contributed by atoms with Crippen molar-refractivity contribution in [3.8, 4) is 0 Å². The first-order valence-electron chi connectivity index (χ1n) is 5.92. The SMILES string of the molecule is O=C(NC1C=CCCC1)C1CCCC1O. The first-order valence-corrected chi connectivity index (χ1v) is 5.92. The highest BCUT2D eigenvalue weighted by Gasteiger charge is 2.32. The van der Waals surface area contributed by atoms with E-state index in [0.29, 0.717) is 0 Å². The quantitative estimate of drug-likeness (QED) is 0.675. The molecule has 84 valence electrons. The second kappa shape index (κ2) is 4.79. The van der Waals surface area contributed by atoms with E-state index in [1.165, 1.54) is 0 Å². The van der Waals surface area contributed by atoms with Gasteiger partial charge in [0.05, 0.1) is 12.0 Å². The Balaban J connectivity index is 1.85. The van der Waals surface area contributed by atoms with E-state index in [1.807, 2.05) is 0 Å². The normalized spacial score (nSPS) is 35.4. The Morgan fingerprint density at radius 1 is 1.27 bits per heavy atom. The van der Waals surface area contributed by atoms with Gasteiger partial charge >= 0.3 is 0 Å². The van der Waals surface area contributed by atoms with Crippen LogP contribution in [0.1, 0.15) is 38.5 Å². The molecule has 0 aliphatic heterocycles. The molecule has 2 aliphatic rings. The summed E-state index contributed by atoms with van der Waals surface area (Å²) in [7, 11) is 0. The highest BCUT2D eigenvalue weighted by atomic mass is 16.3. The zero-order valence-corrected chi connectivity index (χ0v) is 8.98. The standard InChI is InChI=1S/C12H19NO2/c14-11-8-4-7-10(11)12(15)13-9-5-2-1-3-6-9/h2,5,9-11,14H,1,3-4,6-8H2,(H,13,15). The van der Waals surface area contributed by atoms with Crippen LogP contribution in [-0.4, -0.2) is 23.2 Å². The molecule has 0 saturated heterocycles. The average molecular weight is 209 g/mol. The van der Waals surface area contributed by atoms with E-state index in [-0.39, 0.29) is 17.9 Å². The zero-order valence-electron chi connectivity index (χ0n) is 8.98. The number of rotatable bonds is 2. The van der Waals surface area contributed by atoms with Crippen LogP contribution in [0.3, 0.4) is 0 Å². The maximum Gasteiger partial charge on any atom is 0.226 e. The summed E-state index contributed by atoms with van der Waals surface area (Å²) in [5.74, 6) is -0.128. The van der Waals surface area contributed by atoms with Crippen LogP contribution in [0.25, 0.3) is 0 Å². The number of carbonyl (C=O) groups is 1. The van der Waals surface area contributed by atoms with E-state index in [4.69, 9.17) is 0 Å². The topological polar surface area (TPSA) is 49.3 Å². The molecule has 2 N–H and O–H groups in total. The maximum absolute atomic E-state index is 11.8. The summed E-state index contributed by atoms with van der Waals surface area (Å²) in [4.78, 5) is 11.8. The van der Waals surface area contributed by atoms with Gasteiger partial charge in [-0.05, 0) is 38.5 Å². The van der Waals surface area contributed by atoms with Gasteiger partial charge in [0, 0.05) is 6.04 Å². The molecule has 0 radical (unpaired) electrons. The lowest BCUT2D eigenvalue weighted by atomic mass is 10.0. The van der Waals surface area contributed by atoms with Crippen molar-refractivity contribution in [3.63, 3.8) is 0 Å². The van der Waals surface area contributed by atoms with Gasteiger partial charge in [0.25, 0.3) is 0 Å². The van der Waals surface area contributed by atoms with Crippen LogP contribution in [0.2, 0.25) is 0 Å². The van der Waals surface area contributed by atoms with Crippen molar-refractivity contribution in [2.45, 2.75) is 50.7 Å². The van der Waals surface area contributed by atoms with E-state index >= 15 is 0 Å². The van der Waals surface area contributed by atoms with Crippen molar-refractivity contribution in [2.24, 2.45) is 5.92 Å². The van der Waals surface area contributed by atoms with Gasteiger partial charge in [-0.25, -0.2) is 0 Å². The summed E-state index contributed by atoms with van der Waals surface area (Å²) in [5.41, 5.74) is 0. The summed E-state index contributed by atoms with van der Waals surface area (Å²) in [5, 5.41) is 12.6. The van der Waals surface area contributed by atoms with Crippen LogP contribution in [0, 0.1) is 5.92 Å². The molecule has 3 unspecified atom stereocenters. The second-order valence-electron chi connectivity index (χ2n) is 4.58. The molecule has 1 fully saturated rings. The predicted octanol–water partition coefficient (Wildman–Crippen LogP) is 1.37. The Morgan fingerprint density at radius 2 is 2.13 bits per heavy atom. The summed E-state index contributed by atoms with van der Waals surface area (Å²) >= 11 is 0.